The number of anilines is 1. The second-order valence-corrected chi connectivity index (χ2v) is 8.31. The maximum Gasteiger partial charge on any atom is 0.131 e. The van der Waals surface area contributed by atoms with Gasteiger partial charge in [-0.2, -0.15) is 0 Å². The summed E-state index contributed by atoms with van der Waals surface area (Å²) in [4.78, 5) is 5.25. The minimum Gasteiger partial charge on any atom is -0.380 e. The first-order valence-corrected chi connectivity index (χ1v) is 10.2. The molecule has 2 atom stereocenters. The Balaban J connectivity index is 1.70. The molecular weight excluding hydrogens is 408 g/mol. The first-order chi connectivity index (χ1) is 13.0. The van der Waals surface area contributed by atoms with E-state index in [2.05, 4.69) is 10.3 Å². The van der Waals surface area contributed by atoms with Crippen molar-refractivity contribution < 1.29 is 9.13 Å². The van der Waals surface area contributed by atoms with Gasteiger partial charge in [-0.15, -0.1) is 11.3 Å². The molecule has 0 saturated carbocycles. The first-order valence-electron chi connectivity index (χ1n) is 8.67. The molecule has 2 aromatic heterocycles. The van der Waals surface area contributed by atoms with Gasteiger partial charge in [0.25, 0.3) is 0 Å². The van der Waals surface area contributed by atoms with Gasteiger partial charge in [0.1, 0.15) is 22.6 Å². The monoisotopic (exact) mass is 425 g/mol. The molecule has 1 fully saturated rings. The molecule has 0 radical (unpaired) electrons. The van der Waals surface area contributed by atoms with E-state index < -0.39 is 0 Å². The molecule has 3 aromatic rings. The zero-order chi connectivity index (χ0) is 19.0. The number of ether oxygens (including phenoxy) is 1. The number of hydrogen-bond donors (Lipinski definition) is 2. The second-order valence-electron chi connectivity index (χ2n) is 6.49. The van der Waals surface area contributed by atoms with Crippen molar-refractivity contribution in [2.45, 2.75) is 31.5 Å². The van der Waals surface area contributed by atoms with Gasteiger partial charge in [-0.3, -0.25) is 0 Å². The van der Waals surface area contributed by atoms with Crippen molar-refractivity contribution in [3.05, 3.63) is 56.8 Å². The third-order valence-electron chi connectivity index (χ3n) is 4.63. The summed E-state index contributed by atoms with van der Waals surface area (Å²) in [5.41, 5.74) is 8.18. The molecule has 1 aromatic carbocycles. The van der Waals surface area contributed by atoms with Crippen molar-refractivity contribution in [3.8, 4) is 0 Å². The second kappa shape index (κ2) is 7.89. The number of halogens is 3. The maximum absolute atomic E-state index is 13.9. The van der Waals surface area contributed by atoms with Gasteiger partial charge in [-0.1, -0.05) is 41.4 Å². The van der Waals surface area contributed by atoms with Crippen LogP contribution in [-0.2, 0) is 11.3 Å². The zero-order valence-electron chi connectivity index (χ0n) is 14.3. The number of rotatable bonds is 4. The molecule has 1 saturated heterocycles. The van der Waals surface area contributed by atoms with Crippen LogP contribution in [0.4, 0.5) is 10.1 Å². The number of benzene rings is 1. The van der Waals surface area contributed by atoms with E-state index >= 15 is 0 Å². The first kappa shape index (κ1) is 18.9. The Morgan fingerprint density at radius 3 is 2.93 bits per heavy atom. The third-order valence-corrected chi connectivity index (χ3v) is 6.59. The van der Waals surface area contributed by atoms with Crippen LogP contribution in [0.25, 0.3) is 10.2 Å². The van der Waals surface area contributed by atoms with E-state index in [4.69, 9.17) is 33.7 Å². The van der Waals surface area contributed by atoms with Gasteiger partial charge < -0.3 is 15.8 Å². The molecule has 27 heavy (non-hydrogen) atoms. The average Bonchev–Trinajstić information content (AvgIpc) is 2.98. The van der Waals surface area contributed by atoms with Gasteiger partial charge in [0.15, 0.2) is 0 Å². The lowest BCUT2D eigenvalue weighted by Gasteiger charge is -2.28. The molecule has 4 nitrogen and oxygen atoms in total. The molecule has 0 amide bonds. The van der Waals surface area contributed by atoms with E-state index in [-0.39, 0.29) is 18.0 Å². The number of pyridine rings is 1. The van der Waals surface area contributed by atoms with Crippen LogP contribution in [0.1, 0.15) is 29.4 Å². The van der Waals surface area contributed by atoms with Crippen LogP contribution in [0.3, 0.4) is 0 Å². The highest BCUT2D eigenvalue weighted by Crippen LogP contribution is 2.45. The molecule has 0 aliphatic carbocycles. The molecule has 4 rings (SSSR count). The molecule has 1 aliphatic rings. The molecule has 8 heteroatoms. The summed E-state index contributed by atoms with van der Waals surface area (Å²) in [5.74, 6) is -0.257. The average molecular weight is 426 g/mol. The van der Waals surface area contributed by atoms with Crippen molar-refractivity contribution >= 4 is 50.4 Å². The fourth-order valence-corrected chi connectivity index (χ4v) is 5.11. The lowest BCUT2D eigenvalue weighted by atomic mass is 10.0. The summed E-state index contributed by atoms with van der Waals surface area (Å²) in [5, 5.41) is 4.10. The number of nitrogens with zero attached hydrogens (tertiary/aromatic N) is 1. The fourth-order valence-electron chi connectivity index (χ4n) is 3.25. The van der Waals surface area contributed by atoms with Crippen molar-refractivity contribution in [2.75, 3.05) is 11.9 Å². The Hall–Kier alpha value is -1.44. The smallest absolute Gasteiger partial charge is 0.131 e. The highest BCUT2D eigenvalue weighted by Gasteiger charge is 2.30. The Labute approximate surface area is 170 Å². The third kappa shape index (κ3) is 3.77. The van der Waals surface area contributed by atoms with Gasteiger partial charge in [0.2, 0.25) is 0 Å². The van der Waals surface area contributed by atoms with Crippen molar-refractivity contribution in [1.82, 2.24) is 4.98 Å². The fraction of sp³-hybridized carbons (Fsp3) is 0.316. The summed E-state index contributed by atoms with van der Waals surface area (Å²) in [6.07, 6.45) is 1.59. The molecule has 2 unspecified atom stereocenters. The number of hydrogen-bond acceptors (Lipinski definition) is 5. The van der Waals surface area contributed by atoms with E-state index in [1.54, 1.807) is 24.3 Å². The number of aromatic nitrogens is 1. The number of fused-ring (bicyclic) bond motifs is 1. The van der Waals surface area contributed by atoms with Crippen LogP contribution in [-0.4, -0.2) is 17.6 Å². The molecule has 1 aliphatic heterocycles. The van der Waals surface area contributed by atoms with Crippen LogP contribution >= 0.6 is 34.5 Å². The topological polar surface area (TPSA) is 60.2 Å². The van der Waals surface area contributed by atoms with Gasteiger partial charge in [0.05, 0.1) is 20.3 Å². The van der Waals surface area contributed by atoms with Gasteiger partial charge >= 0.3 is 0 Å². The van der Waals surface area contributed by atoms with Crippen LogP contribution < -0.4 is 11.1 Å². The summed E-state index contributed by atoms with van der Waals surface area (Å²) < 4.78 is 20.6. The Morgan fingerprint density at radius 2 is 2.15 bits per heavy atom. The lowest BCUT2D eigenvalue weighted by molar-refractivity contribution is 0.00244. The summed E-state index contributed by atoms with van der Waals surface area (Å²) in [7, 11) is 0. The maximum atomic E-state index is 13.9. The lowest BCUT2D eigenvalue weighted by Crippen LogP contribution is -2.34. The number of nitrogens with one attached hydrogen (secondary N) is 1. The normalized spacial score (nSPS) is 20.1. The van der Waals surface area contributed by atoms with Gasteiger partial charge in [0, 0.05) is 30.8 Å². The van der Waals surface area contributed by atoms with Crippen LogP contribution in [0.5, 0.6) is 0 Å². The Morgan fingerprint density at radius 1 is 1.33 bits per heavy atom. The SMILES string of the molecule is NC1CCCOC1c1sc2c(NCc3ccccc3F)cc(Cl)nc2c1Cl. The number of nitrogens with two attached hydrogens (primary N) is 1. The van der Waals surface area contributed by atoms with Gasteiger partial charge in [-0.05, 0) is 18.9 Å². The minimum absolute atomic E-state index is 0.102. The predicted molar refractivity (Wildman–Crippen MR) is 109 cm³/mol. The van der Waals surface area contributed by atoms with Crippen LogP contribution in [0, 0.1) is 5.82 Å². The van der Waals surface area contributed by atoms with E-state index in [1.807, 2.05) is 0 Å². The quantitative estimate of drug-likeness (QED) is 0.539. The molecular formula is C19H18Cl2FN3OS. The van der Waals surface area contributed by atoms with Crippen molar-refractivity contribution in [1.29, 1.82) is 0 Å². The van der Waals surface area contributed by atoms with E-state index in [0.29, 0.717) is 34.4 Å². The summed E-state index contributed by atoms with van der Waals surface area (Å²) >= 11 is 14.3. The van der Waals surface area contributed by atoms with Crippen LogP contribution in [0.15, 0.2) is 30.3 Å². The molecule has 3 heterocycles. The van der Waals surface area contributed by atoms with Crippen LogP contribution in [0.2, 0.25) is 10.2 Å². The summed E-state index contributed by atoms with van der Waals surface area (Å²) in [6, 6.07) is 8.27. The molecule has 0 bridgehead atoms. The largest absolute Gasteiger partial charge is 0.380 e. The minimum atomic E-state index is -0.257. The zero-order valence-corrected chi connectivity index (χ0v) is 16.7. The predicted octanol–water partition coefficient (Wildman–Crippen LogP) is 5.53. The molecule has 3 N–H and O–H groups in total. The highest BCUT2D eigenvalue weighted by molar-refractivity contribution is 7.20. The molecule has 0 spiro atoms. The van der Waals surface area contributed by atoms with E-state index in [9.17, 15) is 4.39 Å². The Kier molecular flexibility index (Phi) is 5.53. The van der Waals surface area contributed by atoms with E-state index in [1.165, 1.54) is 17.4 Å². The van der Waals surface area contributed by atoms with Crippen molar-refractivity contribution in [2.24, 2.45) is 5.73 Å². The standard InChI is InChI=1S/C19H18Cl2FN3OS/c20-14-8-13(24-9-10-4-1-2-5-11(10)22)18-16(25-14)15(21)19(27-18)17-12(23)6-3-7-26-17/h1-2,4-5,8,12,17H,3,6-7,9,23H2,(H,24,25). The number of thiophene rings is 1. The summed E-state index contributed by atoms with van der Waals surface area (Å²) in [6.45, 7) is 0.988. The Bertz CT molecular complexity index is 981. The van der Waals surface area contributed by atoms with E-state index in [0.717, 1.165) is 28.1 Å². The van der Waals surface area contributed by atoms with Crippen molar-refractivity contribution in [3.63, 3.8) is 0 Å². The highest BCUT2D eigenvalue weighted by atomic mass is 35.5. The molecule has 142 valence electrons. The van der Waals surface area contributed by atoms with Gasteiger partial charge in [-0.25, -0.2) is 9.37 Å².